The van der Waals surface area contributed by atoms with Crippen molar-refractivity contribution < 1.29 is 17.7 Å². The van der Waals surface area contributed by atoms with Gasteiger partial charge in [-0.25, -0.2) is 0 Å². The highest BCUT2D eigenvalue weighted by Gasteiger charge is 2.45. The van der Waals surface area contributed by atoms with E-state index in [0.717, 1.165) is 160 Å². The molecule has 0 spiro atoms. The van der Waals surface area contributed by atoms with Gasteiger partial charge in [0.05, 0.1) is 22.1 Å². The number of hydrogen-bond acceptors (Lipinski definition) is 5. The number of anilines is 3. The molecule has 5 nitrogen and oxygen atoms in total. The van der Waals surface area contributed by atoms with Gasteiger partial charge in [0.25, 0.3) is 0 Å². The van der Waals surface area contributed by atoms with Crippen molar-refractivity contribution in [1.82, 2.24) is 0 Å². The van der Waals surface area contributed by atoms with Crippen LogP contribution in [0.1, 0.15) is 49.9 Å². The van der Waals surface area contributed by atoms with Crippen LogP contribution in [0.15, 0.2) is 254 Å². The Hall–Kier alpha value is -10.4. The molecule has 12 aromatic carbocycles. The van der Waals surface area contributed by atoms with E-state index in [4.69, 9.17) is 17.7 Å². The summed E-state index contributed by atoms with van der Waals surface area (Å²) in [5.41, 5.74) is 24.9. The predicted octanol–water partition coefficient (Wildman–Crippen LogP) is 22.4. The first-order valence-corrected chi connectivity index (χ1v) is 28.7. The number of fused-ring (bicyclic) bond motifs is 22. The number of hydrogen-bond donors (Lipinski definition) is 0. The molecular formula is C78H51NO4. The second kappa shape index (κ2) is 16.6. The Morgan fingerprint density at radius 1 is 0.277 bits per heavy atom. The molecule has 4 aromatic heterocycles. The maximum Gasteiger partial charge on any atom is 0.145 e. The van der Waals surface area contributed by atoms with Crippen molar-refractivity contribution in [2.45, 2.75) is 38.5 Å². The topological polar surface area (TPSA) is 55.8 Å². The van der Waals surface area contributed by atoms with Gasteiger partial charge in [-0.1, -0.05) is 204 Å². The zero-order valence-electron chi connectivity index (χ0n) is 46.1. The van der Waals surface area contributed by atoms with Crippen LogP contribution in [0.25, 0.3) is 143 Å². The Morgan fingerprint density at radius 3 is 0.988 bits per heavy atom. The third-order valence-corrected chi connectivity index (χ3v) is 18.6. The van der Waals surface area contributed by atoms with Gasteiger partial charge in [0, 0.05) is 82.2 Å². The molecule has 83 heavy (non-hydrogen) atoms. The molecule has 0 atom stereocenters. The van der Waals surface area contributed by atoms with E-state index < -0.39 is 10.8 Å². The summed E-state index contributed by atoms with van der Waals surface area (Å²) in [6, 6.07) is 85.1. The average Bonchev–Trinajstić information content (AvgIpc) is 1.82. The summed E-state index contributed by atoms with van der Waals surface area (Å²) < 4.78 is 28.9. The summed E-state index contributed by atoms with van der Waals surface area (Å²) in [4.78, 5) is 2.53. The molecule has 0 amide bonds. The van der Waals surface area contributed by atoms with Gasteiger partial charge in [0.2, 0.25) is 0 Å². The molecule has 18 rings (SSSR count). The molecule has 2 aliphatic rings. The van der Waals surface area contributed by atoms with Crippen molar-refractivity contribution in [3.05, 3.63) is 259 Å². The van der Waals surface area contributed by atoms with Gasteiger partial charge in [-0.3, -0.25) is 0 Å². The van der Waals surface area contributed by atoms with Crippen molar-refractivity contribution in [3.63, 3.8) is 0 Å². The molecule has 0 fully saturated rings. The van der Waals surface area contributed by atoms with Crippen molar-refractivity contribution in [2.75, 3.05) is 4.90 Å². The molecule has 0 aliphatic heterocycles. The summed E-state index contributed by atoms with van der Waals surface area (Å²) in [5, 5.41) is 8.52. The molecule has 0 unspecified atom stereocenters. The van der Waals surface area contributed by atoms with E-state index in [9.17, 15) is 0 Å². The maximum atomic E-state index is 7.46. The van der Waals surface area contributed by atoms with Crippen LogP contribution in [0.2, 0.25) is 0 Å². The zero-order chi connectivity index (χ0) is 55.0. The van der Waals surface area contributed by atoms with Crippen LogP contribution in [-0.2, 0) is 10.8 Å². The van der Waals surface area contributed by atoms with E-state index in [1.54, 1.807) is 0 Å². The molecule has 392 valence electrons. The highest BCUT2D eigenvalue weighted by Crippen LogP contribution is 2.63. The third kappa shape index (κ3) is 6.26. The van der Waals surface area contributed by atoms with E-state index in [2.05, 4.69) is 269 Å². The lowest BCUT2D eigenvalue weighted by Gasteiger charge is -2.31. The lowest BCUT2D eigenvalue weighted by molar-refractivity contribution is 0.651. The van der Waals surface area contributed by atoms with Gasteiger partial charge in [0.1, 0.15) is 44.7 Å². The molecule has 16 aromatic rings. The van der Waals surface area contributed by atoms with Crippen molar-refractivity contribution in [2.24, 2.45) is 0 Å². The Balaban J connectivity index is 0.984. The van der Waals surface area contributed by atoms with E-state index in [1.807, 2.05) is 0 Å². The van der Waals surface area contributed by atoms with Crippen LogP contribution in [-0.4, -0.2) is 0 Å². The Bertz CT molecular complexity index is 5120. The third-order valence-electron chi connectivity index (χ3n) is 18.6. The number of benzene rings is 12. The van der Waals surface area contributed by atoms with Crippen LogP contribution in [0.5, 0.6) is 0 Å². The van der Waals surface area contributed by atoms with Crippen molar-refractivity contribution in [3.8, 4) is 55.6 Å². The quantitative estimate of drug-likeness (QED) is 0.166. The highest BCUT2D eigenvalue weighted by atomic mass is 16.3. The van der Waals surface area contributed by atoms with Crippen LogP contribution < -0.4 is 4.90 Å². The fourth-order valence-electron chi connectivity index (χ4n) is 14.7. The Labute approximate surface area is 477 Å². The normalized spacial score (nSPS) is 14.0. The highest BCUT2D eigenvalue weighted by molar-refractivity contribution is 6.28. The van der Waals surface area contributed by atoms with Crippen LogP contribution in [0.4, 0.5) is 17.1 Å². The lowest BCUT2D eigenvalue weighted by atomic mass is 9.80. The molecular weight excluding hydrogens is 1010 g/mol. The van der Waals surface area contributed by atoms with Crippen molar-refractivity contribution in [1.29, 1.82) is 0 Å². The zero-order valence-corrected chi connectivity index (χ0v) is 46.1. The van der Waals surface area contributed by atoms with Gasteiger partial charge in [-0.15, -0.1) is 0 Å². The van der Waals surface area contributed by atoms with E-state index in [0.29, 0.717) is 0 Å². The molecule has 2 aliphatic carbocycles. The van der Waals surface area contributed by atoms with Gasteiger partial charge in [0.15, 0.2) is 0 Å². The van der Waals surface area contributed by atoms with Crippen LogP contribution in [0, 0.1) is 0 Å². The first-order chi connectivity index (χ1) is 40.7. The summed E-state index contributed by atoms with van der Waals surface area (Å²) in [6.07, 6.45) is 0. The summed E-state index contributed by atoms with van der Waals surface area (Å²) in [6.45, 7) is 9.55. The standard InChI is InChI=1S/C78H51NO4/c1-77(2)55-40-53(46-24-10-6-11-25-46)73-67(51-30-16-20-34-63(51)80-73)69(55)71-57(77)42-59(65-49-28-14-18-32-61(49)82-75(65)71)79(48-38-36-45(37-39-48)44-22-8-5-9-23-44)60-43-58-72(76-66(60)50-29-15-19-33-62(50)83-76)70-56(78(58,3)4)41-54(47-26-12-7-13-27-47)74-68(70)52-31-17-21-35-64(52)81-74/h5-43H,1-4H3. The van der Waals surface area contributed by atoms with E-state index in [1.165, 1.54) is 22.3 Å². The second-order valence-corrected chi connectivity index (χ2v) is 23.8. The minimum Gasteiger partial charge on any atom is -0.455 e. The smallest absolute Gasteiger partial charge is 0.145 e. The predicted molar refractivity (Wildman–Crippen MR) is 342 cm³/mol. The number of rotatable bonds is 6. The largest absolute Gasteiger partial charge is 0.455 e. The lowest BCUT2D eigenvalue weighted by Crippen LogP contribution is -2.18. The molecule has 0 bridgehead atoms. The first kappa shape index (κ1) is 46.4. The second-order valence-electron chi connectivity index (χ2n) is 23.8. The van der Waals surface area contributed by atoms with Crippen molar-refractivity contribution >= 4 is 105 Å². The van der Waals surface area contributed by atoms with E-state index >= 15 is 0 Å². The molecule has 0 saturated heterocycles. The monoisotopic (exact) mass is 1070 g/mol. The minimum absolute atomic E-state index is 0.500. The molecule has 0 saturated carbocycles. The minimum atomic E-state index is -0.500. The molecule has 4 heterocycles. The maximum absolute atomic E-state index is 7.46. The molecule has 5 heteroatoms. The summed E-state index contributed by atoms with van der Waals surface area (Å²) in [7, 11) is 0. The van der Waals surface area contributed by atoms with Gasteiger partial charge in [-0.2, -0.15) is 0 Å². The van der Waals surface area contributed by atoms with Gasteiger partial charge < -0.3 is 22.6 Å². The van der Waals surface area contributed by atoms with Crippen LogP contribution >= 0.6 is 0 Å². The van der Waals surface area contributed by atoms with E-state index in [-0.39, 0.29) is 0 Å². The van der Waals surface area contributed by atoms with Crippen LogP contribution in [0.3, 0.4) is 0 Å². The molecule has 0 N–H and O–H groups in total. The summed E-state index contributed by atoms with van der Waals surface area (Å²) >= 11 is 0. The van der Waals surface area contributed by atoms with Gasteiger partial charge >= 0.3 is 0 Å². The summed E-state index contributed by atoms with van der Waals surface area (Å²) in [5.74, 6) is 0. The molecule has 0 radical (unpaired) electrons. The number of para-hydroxylation sites is 4. The average molecular weight is 1070 g/mol. The SMILES string of the molecule is CC1(C)c2cc(N(c3ccc(-c4ccccc4)cc3)c3cc4c(c5oc6ccccc6c35)-c3c(cc(-c5ccccc5)c5oc6ccccc6c35)C4(C)C)c3c(oc4ccccc43)c2-c2c1cc(-c1ccccc1)c1oc3ccccc3c21. The van der Waals surface area contributed by atoms with Gasteiger partial charge in [-0.05, 0) is 105 Å². The number of nitrogens with zero attached hydrogens (tertiary/aromatic N) is 1. The fourth-order valence-corrected chi connectivity index (χ4v) is 14.7. The Kier molecular flexibility index (Phi) is 9.29. The first-order valence-electron chi connectivity index (χ1n) is 28.7. The number of furan rings is 4. The fraction of sp³-hybridized carbons (Fsp3) is 0.0769. The Morgan fingerprint density at radius 2 is 0.590 bits per heavy atom.